The van der Waals surface area contributed by atoms with E-state index < -0.39 is 0 Å². The van der Waals surface area contributed by atoms with Crippen molar-refractivity contribution in [3.05, 3.63) is 73.4 Å². The Kier molecular flexibility index (Phi) is 30.3. The van der Waals surface area contributed by atoms with Gasteiger partial charge in [-0.2, -0.15) is 0 Å². The molecule has 1 rings (SSSR count). The Balaban J connectivity index is 2.48. The van der Waals surface area contributed by atoms with Crippen molar-refractivity contribution >= 4 is 5.91 Å². The third-order valence-electron chi connectivity index (χ3n) is 8.52. The van der Waals surface area contributed by atoms with Crippen molar-refractivity contribution in [1.82, 2.24) is 10.2 Å². The number of unbranched alkanes of at least 4 members (excludes halogenated alkanes) is 16. The maximum absolute atomic E-state index is 13.1. The SMILES string of the molecule is C=C/C=C/CCCCCCCCCCOc1cc(OCCCCCCCCCC/C=C/C=C)cc(C(=O)NCCCN(CCO)CCO)c1. The number of nitrogens with zero attached hydrogens (tertiary/aromatic N) is 1. The Morgan fingerprint density at radius 2 is 1.04 bits per heavy atom. The molecule has 1 aromatic carbocycles. The summed E-state index contributed by atoms with van der Waals surface area (Å²) < 4.78 is 12.2. The lowest BCUT2D eigenvalue weighted by molar-refractivity contribution is 0.0948. The van der Waals surface area contributed by atoms with Crippen molar-refractivity contribution in [3.8, 4) is 11.5 Å². The van der Waals surface area contributed by atoms with Crippen LogP contribution < -0.4 is 14.8 Å². The molecule has 3 N–H and O–H groups in total. The lowest BCUT2D eigenvalue weighted by atomic mass is 10.1. The molecule has 49 heavy (non-hydrogen) atoms. The van der Waals surface area contributed by atoms with E-state index in [1.807, 2.05) is 47.4 Å². The number of rotatable bonds is 35. The smallest absolute Gasteiger partial charge is 0.251 e. The van der Waals surface area contributed by atoms with Gasteiger partial charge in [-0.25, -0.2) is 0 Å². The molecule has 0 spiro atoms. The molecule has 0 fully saturated rings. The zero-order valence-electron chi connectivity index (χ0n) is 30.8. The summed E-state index contributed by atoms with van der Waals surface area (Å²) in [5, 5.41) is 21.5. The van der Waals surface area contributed by atoms with E-state index in [4.69, 9.17) is 9.47 Å². The standard InChI is InChI=1S/C42H70N2O5/c1-3-5-7-9-11-13-15-17-19-21-23-25-34-48-40-36-39(42(47)43-28-27-29-44(30-32-45)31-33-46)37-41(38-40)49-35-26-24-22-20-18-16-14-12-10-8-6-4-2/h3-8,36-38,45-46H,1-2,9-35H2,(H,43,47)/b7-5+,8-6+. The van der Waals surface area contributed by atoms with E-state index in [9.17, 15) is 15.0 Å². The van der Waals surface area contributed by atoms with Gasteiger partial charge in [-0.3, -0.25) is 9.69 Å². The zero-order valence-corrected chi connectivity index (χ0v) is 30.8. The van der Waals surface area contributed by atoms with E-state index in [0.717, 1.165) is 44.9 Å². The second-order valence-corrected chi connectivity index (χ2v) is 12.9. The predicted octanol–water partition coefficient (Wildman–Crippen LogP) is 9.36. The summed E-state index contributed by atoms with van der Waals surface area (Å²) in [6.07, 6.45) is 34.6. The highest BCUT2D eigenvalue weighted by Crippen LogP contribution is 2.24. The lowest BCUT2D eigenvalue weighted by Gasteiger charge is -2.20. The molecule has 7 heteroatoms. The molecular weight excluding hydrogens is 612 g/mol. The quantitative estimate of drug-likeness (QED) is 0.0488. The molecule has 1 aromatic rings. The van der Waals surface area contributed by atoms with Crippen molar-refractivity contribution in [3.63, 3.8) is 0 Å². The number of amides is 1. The van der Waals surface area contributed by atoms with Crippen LogP contribution in [0.5, 0.6) is 11.5 Å². The first-order chi connectivity index (χ1) is 24.1. The van der Waals surface area contributed by atoms with Crippen LogP contribution in [0.15, 0.2) is 67.8 Å². The van der Waals surface area contributed by atoms with Crippen molar-refractivity contribution in [1.29, 1.82) is 0 Å². The molecular formula is C42H70N2O5. The van der Waals surface area contributed by atoms with Gasteiger partial charge in [-0.1, -0.05) is 127 Å². The van der Waals surface area contributed by atoms with Crippen LogP contribution in [0.25, 0.3) is 0 Å². The summed E-state index contributed by atoms with van der Waals surface area (Å²) in [5.41, 5.74) is 0.537. The van der Waals surface area contributed by atoms with Crippen LogP contribution >= 0.6 is 0 Å². The van der Waals surface area contributed by atoms with Gasteiger partial charge in [0.25, 0.3) is 5.91 Å². The number of aliphatic hydroxyl groups excluding tert-OH is 2. The highest BCUT2D eigenvalue weighted by atomic mass is 16.5. The highest BCUT2D eigenvalue weighted by Gasteiger charge is 2.11. The second kappa shape index (κ2) is 33.6. The summed E-state index contributed by atoms with van der Waals surface area (Å²) in [7, 11) is 0. The topological polar surface area (TPSA) is 91.3 Å². The van der Waals surface area contributed by atoms with Crippen LogP contribution in [0.4, 0.5) is 0 Å². The first-order valence-corrected chi connectivity index (χ1v) is 19.3. The first-order valence-electron chi connectivity index (χ1n) is 19.3. The molecule has 0 aromatic heterocycles. The number of aliphatic hydroxyl groups is 2. The van der Waals surface area contributed by atoms with Gasteiger partial charge in [0.05, 0.1) is 26.4 Å². The fourth-order valence-corrected chi connectivity index (χ4v) is 5.71. The minimum absolute atomic E-state index is 0.0478. The van der Waals surface area contributed by atoms with E-state index in [0.29, 0.717) is 56.5 Å². The largest absolute Gasteiger partial charge is 0.493 e. The molecule has 7 nitrogen and oxygen atoms in total. The number of benzene rings is 1. The minimum atomic E-state index is -0.153. The first kappa shape index (κ1) is 44.2. The summed E-state index contributed by atoms with van der Waals surface area (Å²) in [4.78, 5) is 15.1. The average molecular weight is 683 g/mol. The third-order valence-corrected chi connectivity index (χ3v) is 8.52. The van der Waals surface area contributed by atoms with Crippen LogP contribution in [0, 0.1) is 0 Å². The van der Waals surface area contributed by atoms with Gasteiger partial charge < -0.3 is 25.0 Å². The Hall–Kier alpha value is -2.87. The Bertz CT molecular complexity index is 945. The maximum Gasteiger partial charge on any atom is 0.251 e. The number of carbonyl (C=O) groups is 1. The van der Waals surface area contributed by atoms with Crippen LogP contribution in [0.3, 0.4) is 0 Å². The summed E-state index contributed by atoms with van der Waals surface area (Å²) in [6, 6.07) is 5.53. The number of carbonyl (C=O) groups excluding carboxylic acids is 1. The fourth-order valence-electron chi connectivity index (χ4n) is 5.71. The number of ether oxygens (including phenoxy) is 2. The number of hydrogen-bond acceptors (Lipinski definition) is 6. The van der Waals surface area contributed by atoms with Gasteiger partial charge in [0.1, 0.15) is 11.5 Å². The molecule has 0 bridgehead atoms. The maximum atomic E-state index is 13.1. The summed E-state index contributed by atoms with van der Waals surface area (Å²) in [5.74, 6) is 1.19. The molecule has 0 heterocycles. The molecule has 0 unspecified atom stereocenters. The van der Waals surface area contributed by atoms with Gasteiger partial charge in [-0.05, 0) is 63.6 Å². The fraction of sp³-hybridized carbons (Fsp3) is 0.643. The molecule has 0 radical (unpaired) electrons. The van der Waals surface area contributed by atoms with Crippen molar-refractivity contribution < 1.29 is 24.5 Å². The highest BCUT2D eigenvalue weighted by molar-refractivity contribution is 5.95. The monoisotopic (exact) mass is 683 g/mol. The average Bonchev–Trinajstić information content (AvgIpc) is 3.10. The lowest BCUT2D eigenvalue weighted by Crippen LogP contribution is -2.33. The summed E-state index contributed by atoms with van der Waals surface area (Å²) in [6.45, 7) is 11.0. The van der Waals surface area contributed by atoms with Gasteiger partial charge in [-0.15, -0.1) is 0 Å². The molecule has 0 saturated heterocycles. The van der Waals surface area contributed by atoms with Crippen LogP contribution in [-0.2, 0) is 0 Å². The molecule has 0 aliphatic carbocycles. The molecule has 278 valence electrons. The van der Waals surface area contributed by atoms with Gasteiger partial charge in [0.15, 0.2) is 0 Å². The summed E-state index contributed by atoms with van der Waals surface area (Å²) >= 11 is 0. The number of hydrogen-bond donors (Lipinski definition) is 3. The minimum Gasteiger partial charge on any atom is -0.493 e. The van der Waals surface area contributed by atoms with E-state index in [2.05, 4.69) is 30.6 Å². The number of allylic oxidation sites excluding steroid dienone is 6. The van der Waals surface area contributed by atoms with Crippen LogP contribution in [0.1, 0.15) is 132 Å². The molecule has 0 aliphatic heterocycles. The second-order valence-electron chi connectivity index (χ2n) is 12.9. The molecule has 0 saturated carbocycles. The van der Waals surface area contributed by atoms with Gasteiger partial charge in [0, 0.05) is 31.3 Å². The molecule has 0 atom stereocenters. The molecule has 0 aliphatic rings. The normalized spacial score (nSPS) is 11.5. The van der Waals surface area contributed by atoms with Crippen molar-refractivity contribution in [2.24, 2.45) is 0 Å². The Morgan fingerprint density at radius 1 is 0.612 bits per heavy atom. The zero-order chi connectivity index (χ0) is 35.5. The predicted molar refractivity (Wildman–Crippen MR) is 207 cm³/mol. The van der Waals surface area contributed by atoms with Crippen molar-refractivity contribution in [2.75, 3.05) is 52.6 Å². The van der Waals surface area contributed by atoms with E-state index in [1.54, 1.807) is 0 Å². The van der Waals surface area contributed by atoms with Crippen molar-refractivity contribution in [2.45, 2.75) is 122 Å². The third kappa shape index (κ3) is 26.6. The van der Waals surface area contributed by atoms with Gasteiger partial charge >= 0.3 is 0 Å². The molecule has 1 amide bonds. The number of nitrogens with one attached hydrogen (secondary N) is 1. The van der Waals surface area contributed by atoms with E-state index in [-0.39, 0.29) is 19.1 Å². The van der Waals surface area contributed by atoms with E-state index in [1.165, 1.54) is 77.0 Å². The van der Waals surface area contributed by atoms with Crippen LogP contribution in [-0.4, -0.2) is 73.6 Å². The van der Waals surface area contributed by atoms with Crippen LogP contribution in [0.2, 0.25) is 0 Å². The van der Waals surface area contributed by atoms with E-state index >= 15 is 0 Å². The Morgan fingerprint density at radius 3 is 1.47 bits per heavy atom. The van der Waals surface area contributed by atoms with Gasteiger partial charge in [0.2, 0.25) is 0 Å². The Labute approximate surface area is 299 Å².